The summed E-state index contributed by atoms with van der Waals surface area (Å²) in [4.78, 5) is 11.0. The van der Waals surface area contributed by atoms with Crippen molar-refractivity contribution in [3.05, 3.63) is 0 Å². The molecule has 5 N–H and O–H groups in total. The lowest BCUT2D eigenvalue weighted by Crippen LogP contribution is -2.53. The van der Waals surface area contributed by atoms with Crippen LogP contribution in [0.4, 0.5) is 0 Å². The maximum absolute atomic E-state index is 11.0. The molecule has 0 heterocycles. The highest BCUT2D eigenvalue weighted by atomic mass is 16.4. The van der Waals surface area contributed by atoms with E-state index in [0.717, 1.165) is 36.0 Å². The van der Waals surface area contributed by atoms with Crippen molar-refractivity contribution in [1.29, 1.82) is 0 Å². The minimum atomic E-state index is -0.621. The third-order valence-corrected chi connectivity index (χ3v) is 10.3. The van der Waals surface area contributed by atoms with Crippen molar-refractivity contribution < 1.29 is 9.90 Å². The lowest BCUT2D eigenvalue weighted by atomic mass is 9.44. The van der Waals surface area contributed by atoms with Gasteiger partial charge in [-0.15, -0.1) is 0 Å². The van der Waals surface area contributed by atoms with Crippen LogP contribution >= 0.6 is 0 Å². The fourth-order valence-electron chi connectivity index (χ4n) is 8.82. The zero-order chi connectivity index (χ0) is 21.9. The molecule has 174 valence electrons. The fraction of sp³-hybridized carbons (Fsp3) is 0.962. The zero-order valence-electron chi connectivity index (χ0n) is 19.9. The van der Waals surface area contributed by atoms with Gasteiger partial charge in [-0.25, -0.2) is 0 Å². The molecule has 30 heavy (non-hydrogen) atoms. The summed E-state index contributed by atoms with van der Waals surface area (Å²) in [6, 6.07) is 0. The molecule has 8 atom stereocenters. The van der Waals surface area contributed by atoms with Crippen LogP contribution in [0.2, 0.25) is 0 Å². The predicted molar refractivity (Wildman–Crippen MR) is 124 cm³/mol. The standard InChI is InChI=1S/C24H40O2.C2H8N2/c1-16(7-12-22(25)26)19-10-11-20-18-9-8-17-6-4-5-14-23(17,2)21(18)13-15-24(19,20)3;3-1-2-4/h16-21H,4-15H2,1-3H3,(H,25,26);1-4H2. The summed E-state index contributed by atoms with van der Waals surface area (Å²) >= 11 is 0. The second kappa shape index (κ2) is 9.90. The molecule has 0 amide bonds. The van der Waals surface area contributed by atoms with E-state index >= 15 is 0 Å². The number of rotatable bonds is 5. The van der Waals surface area contributed by atoms with Crippen LogP contribution in [0.15, 0.2) is 0 Å². The summed E-state index contributed by atoms with van der Waals surface area (Å²) in [6.45, 7) is 8.79. The normalized spacial score (nSPS) is 43.4. The van der Waals surface area contributed by atoms with E-state index in [1.165, 1.54) is 64.2 Å². The Balaban J connectivity index is 0.000000589. The van der Waals surface area contributed by atoms with Crippen LogP contribution in [-0.2, 0) is 4.79 Å². The van der Waals surface area contributed by atoms with Crippen LogP contribution in [0, 0.1) is 46.3 Å². The van der Waals surface area contributed by atoms with Crippen molar-refractivity contribution in [1.82, 2.24) is 0 Å². The van der Waals surface area contributed by atoms with E-state index in [2.05, 4.69) is 20.8 Å². The first kappa shape index (κ1) is 24.0. The molecule has 0 aromatic carbocycles. The van der Waals surface area contributed by atoms with Crippen LogP contribution in [0.3, 0.4) is 0 Å². The van der Waals surface area contributed by atoms with E-state index in [1.54, 1.807) is 0 Å². The molecule has 4 rings (SSSR count). The Morgan fingerprint density at radius 3 is 2.30 bits per heavy atom. The van der Waals surface area contributed by atoms with E-state index in [0.29, 0.717) is 36.3 Å². The lowest BCUT2D eigenvalue weighted by molar-refractivity contribution is -0.137. The van der Waals surface area contributed by atoms with Crippen molar-refractivity contribution in [2.24, 2.45) is 57.8 Å². The third kappa shape index (κ3) is 4.46. The van der Waals surface area contributed by atoms with E-state index in [1.807, 2.05) is 0 Å². The Hall–Kier alpha value is -0.610. The first-order valence-corrected chi connectivity index (χ1v) is 12.9. The van der Waals surface area contributed by atoms with Crippen molar-refractivity contribution in [2.75, 3.05) is 13.1 Å². The largest absolute Gasteiger partial charge is 0.481 e. The quantitative estimate of drug-likeness (QED) is 0.552. The maximum Gasteiger partial charge on any atom is 0.303 e. The molecule has 4 heteroatoms. The Morgan fingerprint density at radius 1 is 0.933 bits per heavy atom. The van der Waals surface area contributed by atoms with Crippen molar-refractivity contribution in [3.63, 3.8) is 0 Å². The first-order valence-electron chi connectivity index (χ1n) is 12.9. The van der Waals surface area contributed by atoms with Crippen molar-refractivity contribution >= 4 is 5.97 Å². The van der Waals surface area contributed by atoms with Gasteiger partial charge in [0.05, 0.1) is 0 Å². The van der Waals surface area contributed by atoms with Crippen LogP contribution in [0.5, 0.6) is 0 Å². The minimum Gasteiger partial charge on any atom is -0.481 e. The topological polar surface area (TPSA) is 89.3 Å². The predicted octanol–water partition coefficient (Wildman–Crippen LogP) is 5.44. The van der Waals surface area contributed by atoms with Gasteiger partial charge in [0, 0.05) is 19.5 Å². The summed E-state index contributed by atoms with van der Waals surface area (Å²) in [6.07, 6.45) is 15.7. The number of carboxylic acids is 1. The number of nitrogens with two attached hydrogens (primary N) is 2. The van der Waals surface area contributed by atoms with Gasteiger partial charge in [-0.3, -0.25) is 4.79 Å². The van der Waals surface area contributed by atoms with Crippen molar-refractivity contribution in [3.8, 4) is 0 Å². The molecule has 0 aromatic rings. The highest BCUT2D eigenvalue weighted by Gasteiger charge is 2.60. The lowest BCUT2D eigenvalue weighted by Gasteiger charge is -2.61. The molecule has 4 nitrogen and oxygen atoms in total. The summed E-state index contributed by atoms with van der Waals surface area (Å²) in [5.41, 5.74) is 10.9. The average Bonchev–Trinajstić information content (AvgIpc) is 3.09. The van der Waals surface area contributed by atoms with Gasteiger partial charge in [-0.05, 0) is 104 Å². The number of aliphatic carboxylic acids is 1. The molecular weight excluding hydrogens is 372 g/mol. The summed E-state index contributed by atoms with van der Waals surface area (Å²) in [5.74, 6) is 4.57. The second-order valence-electron chi connectivity index (χ2n) is 11.6. The first-order chi connectivity index (χ1) is 14.3. The molecule has 4 aliphatic carbocycles. The van der Waals surface area contributed by atoms with Gasteiger partial charge in [0.25, 0.3) is 0 Å². The average molecular weight is 421 g/mol. The molecule has 0 saturated heterocycles. The summed E-state index contributed by atoms with van der Waals surface area (Å²) in [7, 11) is 0. The smallest absolute Gasteiger partial charge is 0.303 e. The molecule has 0 bridgehead atoms. The molecule has 4 saturated carbocycles. The Morgan fingerprint density at radius 2 is 1.63 bits per heavy atom. The molecule has 0 spiro atoms. The van der Waals surface area contributed by atoms with Gasteiger partial charge in [0.2, 0.25) is 0 Å². The number of carbonyl (C=O) groups is 1. The van der Waals surface area contributed by atoms with Gasteiger partial charge in [0.15, 0.2) is 0 Å². The Bertz CT molecular complexity index is 579. The number of fused-ring (bicyclic) bond motifs is 5. The van der Waals surface area contributed by atoms with Gasteiger partial charge in [0.1, 0.15) is 0 Å². The highest BCUT2D eigenvalue weighted by Crippen LogP contribution is 2.68. The number of hydrogen-bond acceptors (Lipinski definition) is 3. The third-order valence-electron chi connectivity index (χ3n) is 10.3. The van der Waals surface area contributed by atoms with Gasteiger partial charge in [-0.1, -0.05) is 33.6 Å². The zero-order valence-corrected chi connectivity index (χ0v) is 19.9. The summed E-state index contributed by atoms with van der Waals surface area (Å²) in [5, 5.41) is 9.09. The minimum absolute atomic E-state index is 0.351. The number of hydrogen-bond donors (Lipinski definition) is 3. The van der Waals surface area contributed by atoms with Gasteiger partial charge in [-0.2, -0.15) is 0 Å². The van der Waals surface area contributed by atoms with Crippen molar-refractivity contribution in [2.45, 2.75) is 97.8 Å². The summed E-state index contributed by atoms with van der Waals surface area (Å²) < 4.78 is 0. The molecule has 8 unspecified atom stereocenters. The molecule has 4 aliphatic rings. The van der Waals surface area contributed by atoms with Crippen LogP contribution in [0.25, 0.3) is 0 Å². The Kier molecular flexibility index (Phi) is 7.93. The second-order valence-corrected chi connectivity index (χ2v) is 11.6. The number of carboxylic acid groups (broad SMARTS) is 1. The molecule has 0 aliphatic heterocycles. The maximum atomic E-state index is 11.0. The van der Waals surface area contributed by atoms with Crippen LogP contribution in [-0.4, -0.2) is 24.2 Å². The molecular formula is C26H48N2O2. The van der Waals surface area contributed by atoms with Gasteiger partial charge < -0.3 is 16.6 Å². The van der Waals surface area contributed by atoms with Gasteiger partial charge >= 0.3 is 5.97 Å². The SMILES string of the molecule is CC(CCC(=O)O)C1CCC2C3CCC4CCCCC4(C)C3CCC12C.NCCN. The fourth-order valence-corrected chi connectivity index (χ4v) is 8.82. The Labute approximate surface area is 184 Å². The van der Waals surface area contributed by atoms with Crippen LogP contribution in [0.1, 0.15) is 97.8 Å². The monoisotopic (exact) mass is 420 g/mol. The van der Waals surface area contributed by atoms with E-state index < -0.39 is 5.97 Å². The molecule has 4 fully saturated rings. The van der Waals surface area contributed by atoms with E-state index in [4.69, 9.17) is 16.6 Å². The molecule has 0 radical (unpaired) electrons. The van der Waals surface area contributed by atoms with E-state index in [9.17, 15) is 4.79 Å². The van der Waals surface area contributed by atoms with E-state index in [-0.39, 0.29) is 0 Å². The molecule has 0 aromatic heterocycles. The highest BCUT2D eigenvalue weighted by molar-refractivity contribution is 5.66. The van der Waals surface area contributed by atoms with Crippen LogP contribution < -0.4 is 11.5 Å².